The molecule has 0 aromatic heterocycles. The van der Waals surface area contributed by atoms with Crippen molar-refractivity contribution in [3.63, 3.8) is 0 Å². The van der Waals surface area contributed by atoms with Crippen LogP contribution in [0.2, 0.25) is 0 Å². The van der Waals surface area contributed by atoms with Crippen molar-refractivity contribution in [2.45, 2.75) is 44.2 Å². The second kappa shape index (κ2) is 7.31. The largest absolute Gasteiger partial charge is 0.299 e. The zero-order chi connectivity index (χ0) is 17.2. The fourth-order valence-corrected chi connectivity index (χ4v) is 4.81. The summed E-state index contributed by atoms with van der Waals surface area (Å²) in [5, 5.41) is 0. The third kappa shape index (κ3) is 3.38. The third-order valence-electron chi connectivity index (χ3n) is 6.32. The summed E-state index contributed by atoms with van der Waals surface area (Å²) in [4.78, 5) is 5.11. The van der Waals surface area contributed by atoms with Gasteiger partial charge in [0, 0.05) is 25.2 Å². The van der Waals surface area contributed by atoms with Gasteiger partial charge in [-0.2, -0.15) is 0 Å². The molecule has 0 saturated carbocycles. The molecule has 0 aliphatic carbocycles. The first kappa shape index (κ1) is 16.8. The van der Waals surface area contributed by atoms with Crippen molar-refractivity contribution in [3.05, 3.63) is 70.8 Å². The van der Waals surface area contributed by atoms with Crippen molar-refractivity contribution in [2.75, 3.05) is 27.2 Å². The van der Waals surface area contributed by atoms with E-state index in [2.05, 4.69) is 72.4 Å². The van der Waals surface area contributed by atoms with Gasteiger partial charge in [-0.3, -0.25) is 9.80 Å². The molecule has 4 rings (SSSR count). The molecule has 0 fully saturated rings. The SMILES string of the molecule is CN1CCc2ccccc2C1CCCC1c2ccccc2CCN1C. The summed E-state index contributed by atoms with van der Waals surface area (Å²) in [6, 6.07) is 19.3. The van der Waals surface area contributed by atoms with Gasteiger partial charge in [0.25, 0.3) is 0 Å². The maximum atomic E-state index is 2.56. The van der Waals surface area contributed by atoms with Gasteiger partial charge in [-0.15, -0.1) is 0 Å². The number of benzene rings is 2. The zero-order valence-electron chi connectivity index (χ0n) is 15.6. The summed E-state index contributed by atoms with van der Waals surface area (Å²) in [7, 11) is 4.59. The third-order valence-corrected chi connectivity index (χ3v) is 6.32. The lowest BCUT2D eigenvalue weighted by molar-refractivity contribution is 0.189. The van der Waals surface area contributed by atoms with Crippen LogP contribution in [0.1, 0.15) is 53.6 Å². The number of hydrogen-bond donors (Lipinski definition) is 0. The van der Waals surface area contributed by atoms with Crippen LogP contribution in [-0.2, 0) is 12.8 Å². The minimum atomic E-state index is 0.592. The molecular weight excluding hydrogens is 304 g/mol. The van der Waals surface area contributed by atoms with Crippen molar-refractivity contribution in [1.82, 2.24) is 9.80 Å². The first-order valence-electron chi connectivity index (χ1n) is 9.80. The van der Waals surface area contributed by atoms with Gasteiger partial charge in [0.1, 0.15) is 0 Å². The Hall–Kier alpha value is -1.64. The van der Waals surface area contributed by atoms with Crippen LogP contribution < -0.4 is 0 Å². The molecule has 2 unspecified atom stereocenters. The topological polar surface area (TPSA) is 6.48 Å². The fraction of sp³-hybridized carbons (Fsp3) is 0.478. The molecule has 2 aromatic carbocycles. The molecule has 2 heteroatoms. The predicted molar refractivity (Wildman–Crippen MR) is 105 cm³/mol. The van der Waals surface area contributed by atoms with E-state index in [1.165, 1.54) is 45.2 Å². The first-order chi connectivity index (χ1) is 12.2. The highest BCUT2D eigenvalue weighted by Crippen LogP contribution is 2.36. The Balaban J connectivity index is 1.45. The number of nitrogens with zero attached hydrogens (tertiary/aromatic N) is 2. The highest BCUT2D eigenvalue weighted by Gasteiger charge is 2.27. The molecular formula is C23H30N2. The second-order valence-electron chi connectivity index (χ2n) is 7.82. The Morgan fingerprint density at radius 2 is 1.16 bits per heavy atom. The lowest BCUT2D eigenvalue weighted by Crippen LogP contribution is -2.33. The summed E-state index contributed by atoms with van der Waals surface area (Å²) in [5.74, 6) is 0. The first-order valence-corrected chi connectivity index (χ1v) is 9.80. The molecule has 0 radical (unpaired) electrons. The van der Waals surface area contributed by atoms with E-state index in [4.69, 9.17) is 0 Å². The van der Waals surface area contributed by atoms with Crippen LogP contribution in [-0.4, -0.2) is 37.0 Å². The maximum Gasteiger partial charge on any atom is 0.0347 e. The van der Waals surface area contributed by atoms with Crippen LogP contribution in [0, 0.1) is 0 Å². The summed E-state index contributed by atoms with van der Waals surface area (Å²) in [6.07, 6.45) is 6.20. The van der Waals surface area contributed by atoms with Gasteiger partial charge in [-0.1, -0.05) is 48.5 Å². The van der Waals surface area contributed by atoms with E-state index in [-0.39, 0.29) is 0 Å². The molecule has 2 aliphatic rings. The second-order valence-corrected chi connectivity index (χ2v) is 7.82. The van der Waals surface area contributed by atoms with Gasteiger partial charge >= 0.3 is 0 Å². The molecule has 2 heterocycles. The molecule has 2 nitrogen and oxygen atoms in total. The molecule has 2 aromatic rings. The molecule has 0 bridgehead atoms. The summed E-state index contributed by atoms with van der Waals surface area (Å²) in [6.45, 7) is 2.38. The van der Waals surface area contributed by atoms with Gasteiger partial charge in [-0.25, -0.2) is 0 Å². The summed E-state index contributed by atoms with van der Waals surface area (Å²) < 4.78 is 0. The minimum Gasteiger partial charge on any atom is -0.299 e. The van der Waals surface area contributed by atoms with Crippen molar-refractivity contribution >= 4 is 0 Å². The number of hydrogen-bond acceptors (Lipinski definition) is 2. The molecule has 132 valence electrons. The van der Waals surface area contributed by atoms with Crippen molar-refractivity contribution in [2.24, 2.45) is 0 Å². The van der Waals surface area contributed by atoms with Crippen LogP contribution >= 0.6 is 0 Å². The Morgan fingerprint density at radius 3 is 1.64 bits per heavy atom. The van der Waals surface area contributed by atoms with Crippen molar-refractivity contribution < 1.29 is 0 Å². The summed E-state index contributed by atoms with van der Waals surface area (Å²) in [5.41, 5.74) is 6.25. The Labute approximate surface area is 152 Å². The van der Waals surface area contributed by atoms with Crippen LogP contribution in [0.25, 0.3) is 0 Å². The molecule has 0 saturated heterocycles. The van der Waals surface area contributed by atoms with Gasteiger partial charge in [0.05, 0.1) is 0 Å². The molecule has 0 spiro atoms. The van der Waals surface area contributed by atoms with Gasteiger partial charge in [0.15, 0.2) is 0 Å². The fourth-order valence-electron chi connectivity index (χ4n) is 4.81. The number of likely N-dealkylation sites (N-methyl/N-ethyl adjacent to an activating group) is 2. The van der Waals surface area contributed by atoms with Gasteiger partial charge < -0.3 is 0 Å². The minimum absolute atomic E-state index is 0.592. The monoisotopic (exact) mass is 334 g/mol. The highest BCUT2D eigenvalue weighted by atomic mass is 15.1. The number of rotatable bonds is 4. The summed E-state index contributed by atoms with van der Waals surface area (Å²) >= 11 is 0. The standard InChI is InChI=1S/C23H30N2/c1-24-16-14-18-8-3-5-10-20(18)22(24)12-7-13-23-21-11-6-4-9-19(21)15-17-25(23)2/h3-6,8-11,22-23H,7,12-17H2,1-2H3. The van der Waals surface area contributed by atoms with E-state index < -0.39 is 0 Å². The predicted octanol–water partition coefficient (Wildman–Crippen LogP) is 4.62. The normalized spacial score (nSPS) is 23.9. The Kier molecular flexibility index (Phi) is 4.91. The van der Waals surface area contributed by atoms with E-state index in [1.54, 1.807) is 22.3 Å². The van der Waals surface area contributed by atoms with Crippen LogP contribution in [0.15, 0.2) is 48.5 Å². The van der Waals surface area contributed by atoms with E-state index >= 15 is 0 Å². The van der Waals surface area contributed by atoms with Gasteiger partial charge in [0.2, 0.25) is 0 Å². The van der Waals surface area contributed by atoms with Crippen LogP contribution in [0.3, 0.4) is 0 Å². The van der Waals surface area contributed by atoms with E-state index in [9.17, 15) is 0 Å². The van der Waals surface area contributed by atoms with E-state index in [1.807, 2.05) is 0 Å². The lowest BCUT2D eigenvalue weighted by Gasteiger charge is -2.37. The highest BCUT2D eigenvalue weighted by molar-refractivity contribution is 5.33. The van der Waals surface area contributed by atoms with Crippen molar-refractivity contribution in [3.8, 4) is 0 Å². The molecule has 0 N–H and O–H groups in total. The van der Waals surface area contributed by atoms with E-state index in [0.29, 0.717) is 12.1 Å². The molecule has 0 amide bonds. The zero-order valence-corrected chi connectivity index (χ0v) is 15.6. The molecule has 2 aliphatic heterocycles. The smallest absolute Gasteiger partial charge is 0.0347 e. The van der Waals surface area contributed by atoms with Crippen LogP contribution in [0.5, 0.6) is 0 Å². The maximum absolute atomic E-state index is 2.56. The lowest BCUT2D eigenvalue weighted by atomic mass is 9.87. The van der Waals surface area contributed by atoms with Crippen LogP contribution in [0.4, 0.5) is 0 Å². The molecule has 2 atom stereocenters. The van der Waals surface area contributed by atoms with Crippen molar-refractivity contribution in [1.29, 1.82) is 0 Å². The Bertz CT molecular complexity index is 662. The van der Waals surface area contributed by atoms with E-state index in [0.717, 1.165) is 0 Å². The average Bonchev–Trinajstić information content (AvgIpc) is 2.65. The molecule has 25 heavy (non-hydrogen) atoms. The Morgan fingerprint density at radius 1 is 0.720 bits per heavy atom. The average molecular weight is 335 g/mol. The quantitative estimate of drug-likeness (QED) is 0.805. The number of fused-ring (bicyclic) bond motifs is 2. The van der Waals surface area contributed by atoms with Gasteiger partial charge in [-0.05, 0) is 68.5 Å².